The van der Waals surface area contributed by atoms with Crippen molar-refractivity contribution in [2.45, 2.75) is 19.4 Å². The number of carbonyl (C=O) groups excluding carboxylic acids is 2. The third-order valence-corrected chi connectivity index (χ3v) is 5.67. The number of benzene rings is 1. The van der Waals surface area contributed by atoms with Crippen LogP contribution in [0.3, 0.4) is 0 Å². The fraction of sp³-hybridized carbons (Fsp3) is 0.364. The number of amides is 1. The van der Waals surface area contributed by atoms with Crippen LogP contribution < -0.4 is 4.74 Å². The minimum atomic E-state index is -0.647. The number of nitrogens with zero attached hydrogens (tertiary/aromatic N) is 2. The third-order valence-electron chi connectivity index (χ3n) is 4.74. The van der Waals surface area contributed by atoms with Crippen LogP contribution in [0.4, 0.5) is 0 Å². The van der Waals surface area contributed by atoms with Crippen LogP contribution >= 0.6 is 11.3 Å². The summed E-state index contributed by atoms with van der Waals surface area (Å²) >= 11 is 1.47. The van der Waals surface area contributed by atoms with Crippen molar-refractivity contribution < 1.29 is 19.4 Å². The average Bonchev–Trinajstić information content (AvgIpc) is 3.32. The Kier molecular flexibility index (Phi) is 6.71. The van der Waals surface area contributed by atoms with Crippen LogP contribution in [0.2, 0.25) is 0 Å². The first-order valence-electron chi connectivity index (χ1n) is 9.63. The molecule has 1 aliphatic rings. The van der Waals surface area contributed by atoms with Crippen molar-refractivity contribution in [2.24, 2.45) is 0 Å². The minimum Gasteiger partial charge on any atom is -0.507 e. The molecule has 1 aromatic heterocycles. The van der Waals surface area contributed by atoms with Crippen LogP contribution in [-0.4, -0.2) is 60.4 Å². The molecule has 0 aliphatic carbocycles. The highest BCUT2D eigenvalue weighted by Crippen LogP contribution is 2.41. The van der Waals surface area contributed by atoms with Gasteiger partial charge in [-0.15, -0.1) is 11.3 Å². The van der Waals surface area contributed by atoms with Gasteiger partial charge in [-0.05, 0) is 56.2 Å². The van der Waals surface area contributed by atoms with Gasteiger partial charge in [0.15, 0.2) is 0 Å². The molecule has 1 fully saturated rings. The number of ketones is 1. The third kappa shape index (κ3) is 4.52. The molecule has 7 heteroatoms. The van der Waals surface area contributed by atoms with Gasteiger partial charge in [0, 0.05) is 23.5 Å². The van der Waals surface area contributed by atoms with E-state index >= 15 is 0 Å². The minimum absolute atomic E-state index is 0.137. The van der Waals surface area contributed by atoms with E-state index in [1.165, 1.54) is 11.3 Å². The molecular formula is C22H26N2O4S. The smallest absolute Gasteiger partial charge is 0.295 e. The first kappa shape index (κ1) is 21.1. The van der Waals surface area contributed by atoms with Crippen LogP contribution in [0, 0.1) is 0 Å². The molecule has 1 amide bonds. The Labute approximate surface area is 175 Å². The van der Waals surface area contributed by atoms with Crippen LogP contribution in [0.1, 0.15) is 29.8 Å². The Hall–Kier alpha value is -2.64. The number of hydrogen-bond donors (Lipinski definition) is 1. The molecule has 2 heterocycles. The second-order valence-corrected chi connectivity index (χ2v) is 8.16. The van der Waals surface area contributed by atoms with E-state index in [-0.39, 0.29) is 11.3 Å². The molecule has 1 saturated heterocycles. The van der Waals surface area contributed by atoms with Gasteiger partial charge in [-0.3, -0.25) is 9.59 Å². The zero-order valence-electron chi connectivity index (χ0n) is 16.9. The molecule has 0 bridgehead atoms. The molecule has 1 N–H and O–H groups in total. The maximum absolute atomic E-state index is 12.8. The summed E-state index contributed by atoms with van der Waals surface area (Å²) < 4.78 is 5.58. The van der Waals surface area contributed by atoms with Gasteiger partial charge in [-0.1, -0.05) is 13.0 Å². The van der Waals surface area contributed by atoms with Crippen LogP contribution in [0.15, 0.2) is 47.4 Å². The van der Waals surface area contributed by atoms with Crippen molar-refractivity contribution in [1.29, 1.82) is 0 Å². The van der Waals surface area contributed by atoms with Gasteiger partial charge in [0.2, 0.25) is 0 Å². The number of Topliss-reactive ketones (excluding diaryl/α,β-unsaturated/α-hetero) is 1. The Bertz CT molecular complexity index is 888. The van der Waals surface area contributed by atoms with Gasteiger partial charge in [-0.25, -0.2) is 0 Å². The molecule has 29 heavy (non-hydrogen) atoms. The number of hydrogen-bond acceptors (Lipinski definition) is 6. The molecule has 0 saturated carbocycles. The molecule has 3 rings (SSSR count). The van der Waals surface area contributed by atoms with Crippen molar-refractivity contribution in [3.05, 3.63) is 57.8 Å². The SMILES string of the molecule is CCCOc1ccc(/C(O)=C2\C(=O)C(=O)N(CCN(C)C)[C@@H]2c2cccs2)cc1. The van der Waals surface area contributed by atoms with E-state index in [2.05, 4.69) is 0 Å². The van der Waals surface area contributed by atoms with E-state index in [0.29, 0.717) is 31.0 Å². The van der Waals surface area contributed by atoms with Crippen LogP contribution in [-0.2, 0) is 9.59 Å². The lowest BCUT2D eigenvalue weighted by Crippen LogP contribution is -2.35. The average molecular weight is 415 g/mol. The quantitative estimate of drug-likeness (QED) is 0.407. The van der Waals surface area contributed by atoms with Gasteiger partial charge in [-0.2, -0.15) is 0 Å². The lowest BCUT2D eigenvalue weighted by molar-refractivity contribution is -0.140. The molecular weight excluding hydrogens is 388 g/mol. The summed E-state index contributed by atoms with van der Waals surface area (Å²) in [5.74, 6) is -0.679. The van der Waals surface area contributed by atoms with Gasteiger partial charge in [0.25, 0.3) is 11.7 Å². The molecule has 0 unspecified atom stereocenters. The normalized spacial score (nSPS) is 18.6. The number of likely N-dealkylation sites (tertiary alicyclic amines) is 1. The van der Waals surface area contributed by atoms with Crippen molar-refractivity contribution in [2.75, 3.05) is 33.8 Å². The number of likely N-dealkylation sites (N-methyl/N-ethyl adjacent to an activating group) is 1. The first-order chi connectivity index (χ1) is 13.9. The van der Waals surface area contributed by atoms with Crippen molar-refractivity contribution in [1.82, 2.24) is 9.80 Å². The lowest BCUT2D eigenvalue weighted by Gasteiger charge is -2.25. The molecule has 1 aromatic carbocycles. The molecule has 0 radical (unpaired) electrons. The summed E-state index contributed by atoms with van der Waals surface area (Å²) in [4.78, 5) is 30.0. The topological polar surface area (TPSA) is 70.1 Å². The van der Waals surface area contributed by atoms with Gasteiger partial charge in [0.05, 0.1) is 18.2 Å². The highest BCUT2D eigenvalue weighted by molar-refractivity contribution is 7.10. The molecule has 154 valence electrons. The standard InChI is InChI=1S/C22H26N2O4S/c1-4-13-28-16-9-7-15(8-10-16)20(25)18-19(17-6-5-14-29-17)24(12-11-23(2)3)22(27)21(18)26/h5-10,14,19,25H,4,11-13H2,1-3H3/b20-18+/t19-/m1/s1. The van der Waals surface area contributed by atoms with E-state index in [1.807, 2.05) is 43.4 Å². The highest BCUT2D eigenvalue weighted by atomic mass is 32.1. The second-order valence-electron chi connectivity index (χ2n) is 7.18. The van der Waals surface area contributed by atoms with E-state index < -0.39 is 17.7 Å². The zero-order chi connectivity index (χ0) is 21.0. The number of thiophene rings is 1. The molecule has 2 aromatic rings. The van der Waals surface area contributed by atoms with E-state index in [1.54, 1.807) is 29.2 Å². The van der Waals surface area contributed by atoms with Crippen molar-refractivity contribution in [3.63, 3.8) is 0 Å². The maximum atomic E-state index is 12.8. The summed E-state index contributed by atoms with van der Waals surface area (Å²) in [6.45, 7) is 3.67. The molecule has 1 aliphatic heterocycles. The van der Waals surface area contributed by atoms with Gasteiger partial charge >= 0.3 is 0 Å². The summed E-state index contributed by atoms with van der Waals surface area (Å²) in [5.41, 5.74) is 0.624. The second kappa shape index (κ2) is 9.24. The van der Waals surface area contributed by atoms with Gasteiger partial charge < -0.3 is 19.6 Å². The molecule has 0 spiro atoms. The first-order valence-corrected chi connectivity index (χ1v) is 10.5. The number of ether oxygens (including phenoxy) is 1. The number of aliphatic hydroxyl groups excluding tert-OH is 1. The fourth-order valence-corrected chi connectivity index (χ4v) is 4.09. The Morgan fingerprint density at radius 3 is 2.52 bits per heavy atom. The van der Waals surface area contributed by atoms with E-state index in [4.69, 9.17) is 4.74 Å². The monoisotopic (exact) mass is 414 g/mol. The predicted octanol–water partition coefficient (Wildman–Crippen LogP) is 3.52. The lowest BCUT2D eigenvalue weighted by atomic mass is 10.00. The summed E-state index contributed by atoms with van der Waals surface area (Å²) in [5, 5.41) is 12.9. The van der Waals surface area contributed by atoms with Crippen LogP contribution in [0.5, 0.6) is 5.75 Å². The highest BCUT2D eigenvalue weighted by Gasteiger charge is 2.46. The Balaban J connectivity index is 1.99. The van der Waals surface area contributed by atoms with Crippen LogP contribution in [0.25, 0.3) is 5.76 Å². The van der Waals surface area contributed by atoms with Crippen molar-refractivity contribution >= 4 is 28.8 Å². The number of rotatable bonds is 8. The zero-order valence-corrected chi connectivity index (χ0v) is 17.7. The largest absolute Gasteiger partial charge is 0.507 e. The number of carbonyl (C=O) groups is 2. The molecule has 6 nitrogen and oxygen atoms in total. The Morgan fingerprint density at radius 2 is 1.93 bits per heavy atom. The molecule has 1 atom stereocenters. The number of aliphatic hydroxyl groups is 1. The summed E-state index contributed by atoms with van der Waals surface area (Å²) in [6.07, 6.45) is 0.902. The van der Waals surface area contributed by atoms with E-state index in [0.717, 1.165) is 11.3 Å². The fourth-order valence-electron chi connectivity index (χ4n) is 3.25. The van der Waals surface area contributed by atoms with Gasteiger partial charge in [0.1, 0.15) is 11.5 Å². The maximum Gasteiger partial charge on any atom is 0.295 e. The Morgan fingerprint density at radius 1 is 1.21 bits per heavy atom. The van der Waals surface area contributed by atoms with Crippen molar-refractivity contribution in [3.8, 4) is 5.75 Å². The summed E-state index contributed by atoms with van der Waals surface area (Å²) in [7, 11) is 3.83. The summed E-state index contributed by atoms with van der Waals surface area (Å²) in [6, 6.07) is 10.1. The van der Waals surface area contributed by atoms with E-state index in [9.17, 15) is 14.7 Å². The predicted molar refractivity (Wildman–Crippen MR) is 114 cm³/mol.